The molecule has 2 atom stereocenters. The van der Waals surface area contributed by atoms with Crippen LogP contribution in [0.2, 0.25) is 0 Å². The summed E-state index contributed by atoms with van der Waals surface area (Å²) in [6, 6.07) is 6.70. The molecule has 2 aliphatic heterocycles. The smallest absolute Gasteiger partial charge is 0.236 e. The lowest BCUT2D eigenvalue weighted by atomic mass is 9.97. The van der Waals surface area contributed by atoms with Crippen molar-refractivity contribution in [2.75, 3.05) is 26.2 Å². The fraction of sp³-hybridized carbons (Fsp3) is 0.556. The molecule has 130 valence electrons. The maximum absolute atomic E-state index is 13.5. The first-order valence-corrected chi connectivity index (χ1v) is 8.61. The Morgan fingerprint density at radius 1 is 1.21 bits per heavy atom. The molecule has 2 unspecified atom stereocenters. The summed E-state index contributed by atoms with van der Waals surface area (Å²) in [7, 11) is 0. The number of likely N-dealkylation sites (tertiary alicyclic amines) is 2. The molecular formula is C18H24FN3O2. The molecule has 2 heterocycles. The van der Waals surface area contributed by atoms with Gasteiger partial charge in [-0.15, -0.1) is 0 Å². The van der Waals surface area contributed by atoms with Gasteiger partial charge in [-0.05, 0) is 49.9 Å². The highest BCUT2D eigenvalue weighted by Crippen LogP contribution is 2.32. The molecule has 1 aromatic carbocycles. The monoisotopic (exact) mass is 333 g/mol. The highest BCUT2D eigenvalue weighted by Gasteiger charge is 2.31. The first kappa shape index (κ1) is 16.9. The van der Waals surface area contributed by atoms with Gasteiger partial charge >= 0.3 is 0 Å². The van der Waals surface area contributed by atoms with Crippen molar-refractivity contribution in [1.29, 1.82) is 0 Å². The molecule has 0 saturated carbocycles. The van der Waals surface area contributed by atoms with Crippen LogP contribution in [0.25, 0.3) is 0 Å². The lowest BCUT2D eigenvalue weighted by Gasteiger charge is -2.33. The first-order chi connectivity index (χ1) is 11.5. The van der Waals surface area contributed by atoms with Gasteiger partial charge in [0.25, 0.3) is 0 Å². The van der Waals surface area contributed by atoms with Crippen molar-refractivity contribution in [3.8, 4) is 0 Å². The average Bonchev–Trinajstić information content (AvgIpc) is 3.03. The molecule has 2 aliphatic rings. The van der Waals surface area contributed by atoms with Gasteiger partial charge in [-0.1, -0.05) is 12.1 Å². The van der Waals surface area contributed by atoms with Crippen molar-refractivity contribution in [3.05, 3.63) is 35.6 Å². The molecule has 2 amide bonds. The van der Waals surface area contributed by atoms with Crippen molar-refractivity contribution in [3.63, 3.8) is 0 Å². The molecule has 3 rings (SSSR count). The zero-order valence-electron chi connectivity index (χ0n) is 13.8. The average molecular weight is 333 g/mol. The highest BCUT2D eigenvalue weighted by molar-refractivity contribution is 5.81. The number of amides is 2. The molecule has 0 bridgehead atoms. The third-order valence-corrected chi connectivity index (χ3v) is 5.11. The maximum Gasteiger partial charge on any atom is 0.236 e. The van der Waals surface area contributed by atoms with Crippen LogP contribution in [0.5, 0.6) is 0 Å². The third-order valence-electron chi connectivity index (χ3n) is 5.11. The van der Waals surface area contributed by atoms with Crippen LogP contribution in [0.4, 0.5) is 4.39 Å². The molecule has 24 heavy (non-hydrogen) atoms. The molecule has 6 heteroatoms. The molecule has 0 spiro atoms. The molecule has 0 aromatic heterocycles. The first-order valence-electron chi connectivity index (χ1n) is 8.61. The number of carbonyl (C=O) groups is 2. The molecule has 0 radical (unpaired) electrons. The van der Waals surface area contributed by atoms with Crippen molar-refractivity contribution >= 4 is 11.8 Å². The van der Waals surface area contributed by atoms with Gasteiger partial charge < -0.3 is 10.6 Å². The van der Waals surface area contributed by atoms with E-state index in [0.29, 0.717) is 19.6 Å². The predicted octanol–water partition coefficient (Wildman–Crippen LogP) is 1.69. The molecule has 2 N–H and O–H groups in total. The minimum Gasteiger partial charge on any atom is -0.369 e. The van der Waals surface area contributed by atoms with Gasteiger partial charge in [-0.2, -0.15) is 0 Å². The van der Waals surface area contributed by atoms with E-state index in [0.717, 1.165) is 37.8 Å². The minimum absolute atomic E-state index is 0.0317. The van der Waals surface area contributed by atoms with Gasteiger partial charge in [-0.25, -0.2) is 4.39 Å². The summed E-state index contributed by atoms with van der Waals surface area (Å²) in [4.78, 5) is 27.9. The van der Waals surface area contributed by atoms with E-state index in [2.05, 4.69) is 4.90 Å². The SMILES string of the molecule is NC(=O)C1CCCN(C(=O)CN2CCCC2c2cccc(F)c2)C1. The van der Waals surface area contributed by atoms with Crippen LogP contribution in [-0.4, -0.2) is 47.8 Å². The summed E-state index contributed by atoms with van der Waals surface area (Å²) < 4.78 is 13.5. The van der Waals surface area contributed by atoms with Crippen LogP contribution in [0.3, 0.4) is 0 Å². The Balaban J connectivity index is 1.64. The van der Waals surface area contributed by atoms with Crippen LogP contribution in [0.15, 0.2) is 24.3 Å². The summed E-state index contributed by atoms with van der Waals surface area (Å²) in [5.41, 5.74) is 6.31. The van der Waals surface area contributed by atoms with Crippen molar-refractivity contribution in [2.45, 2.75) is 31.7 Å². The van der Waals surface area contributed by atoms with Gasteiger partial charge in [0.1, 0.15) is 5.82 Å². The quantitative estimate of drug-likeness (QED) is 0.912. The lowest BCUT2D eigenvalue weighted by Crippen LogP contribution is -2.47. The summed E-state index contributed by atoms with van der Waals surface area (Å²) in [6.45, 7) is 2.25. The second kappa shape index (κ2) is 7.30. The van der Waals surface area contributed by atoms with E-state index in [1.54, 1.807) is 17.0 Å². The Labute approximate surface area is 141 Å². The van der Waals surface area contributed by atoms with Gasteiger partial charge in [-0.3, -0.25) is 14.5 Å². The van der Waals surface area contributed by atoms with E-state index in [1.807, 2.05) is 6.07 Å². The Kier molecular flexibility index (Phi) is 5.14. The Morgan fingerprint density at radius 2 is 2.00 bits per heavy atom. The number of nitrogens with two attached hydrogens (primary N) is 1. The number of hydrogen-bond acceptors (Lipinski definition) is 3. The van der Waals surface area contributed by atoms with Gasteiger partial charge in [0.05, 0.1) is 12.5 Å². The Hall–Kier alpha value is -1.95. The number of rotatable bonds is 4. The van der Waals surface area contributed by atoms with E-state index in [-0.39, 0.29) is 29.6 Å². The second-order valence-corrected chi connectivity index (χ2v) is 6.76. The number of halogens is 1. The van der Waals surface area contributed by atoms with Crippen LogP contribution < -0.4 is 5.73 Å². The molecule has 2 saturated heterocycles. The number of piperidine rings is 1. The fourth-order valence-corrected chi connectivity index (χ4v) is 3.82. The molecule has 5 nitrogen and oxygen atoms in total. The number of primary amides is 1. The largest absolute Gasteiger partial charge is 0.369 e. The number of nitrogens with zero attached hydrogens (tertiary/aromatic N) is 2. The van der Waals surface area contributed by atoms with Gasteiger partial charge in [0.15, 0.2) is 0 Å². The van der Waals surface area contributed by atoms with Crippen LogP contribution in [0.1, 0.15) is 37.3 Å². The highest BCUT2D eigenvalue weighted by atomic mass is 19.1. The standard InChI is InChI=1S/C18H24FN3O2/c19-15-6-1-4-13(10-15)16-7-3-8-21(16)12-17(23)22-9-2-5-14(11-22)18(20)24/h1,4,6,10,14,16H,2-3,5,7-9,11-12H2,(H2,20,24). The summed E-state index contributed by atoms with van der Waals surface area (Å²) in [5.74, 6) is -0.776. The van der Waals surface area contributed by atoms with E-state index < -0.39 is 0 Å². The van der Waals surface area contributed by atoms with Crippen molar-refractivity contribution < 1.29 is 14.0 Å². The third kappa shape index (κ3) is 3.75. The zero-order valence-corrected chi connectivity index (χ0v) is 13.8. The molecule has 0 aliphatic carbocycles. The molecule has 2 fully saturated rings. The van der Waals surface area contributed by atoms with Gasteiger partial charge in [0.2, 0.25) is 11.8 Å². The summed E-state index contributed by atoms with van der Waals surface area (Å²) in [6.07, 6.45) is 3.50. The number of hydrogen-bond donors (Lipinski definition) is 1. The number of carbonyl (C=O) groups excluding carboxylic acids is 2. The summed E-state index contributed by atoms with van der Waals surface area (Å²) in [5, 5.41) is 0. The number of benzene rings is 1. The van der Waals surface area contributed by atoms with E-state index in [1.165, 1.54) is 6.07 Å². The summed E-state index contributed by atoms with van der Waals surface area (Å²) >= 11 is 0. The van der Waals surface area contributed by atoms with Crippen LogP contribution >= 0.6 is 0 Å². The zero-order chi connectivity index (χ0) is 17.1. The van der Waals surface area contributed by atoms with Crippen LogP contribution in [0, 0.1) is 11.7 Å². The van der Waals surface area contributed by atoms with Crippen LogP contribution in [-0.2, 0) is 9.59 Å². The normalized spacial score (nSPS) is 25.0. The molecular weight excluding hydrogens is 309 g/mol. The topological polar surface area (TPSA) is 66.6 Å². The lowest BCUT2D eigenvalue weighted by molar-refractivity contribution is -0.136. The van der Waals surface area contributed by atoms with Crippen molar-refractivity contribution in [2.24, 2.45) is 11.7 Å². The van der Waals surface area contributed by atoms with Gasteiger partial charge in [0, 0.05) is 19.1 Å². The van der Waals surface area contributed by atoms with E-state index in [9.17, 15) is 14.0 Å². The Bertz CT molecular complexity index is 622. The predicted molar refractivity (Wildman–Crippen MR) is 88.4 cm³/mol. The van der Waals surface area contributed by atoms with E-state index >= 15 is 0 Å². The minimum atomic E-state index is -0.327. The maximum atomic E-state index is 13.5. The molecule has 1 aromatic rings. The van der Waals surface area contributed by atoms with E-state index in [4.69, 9.17) is 5.73 Å². The second-order valence-electron chi connectivity index (χ2n) is 6.76. The Morgan fingerprint density at radius 3 is 2.75 bits per heavy atom. The van der Waals surface area contributed by atoms with Crippen molar-refractivity contribution in [1.82, 2.24) is 9.80 Å². The fourth-order valence-electron chi connectivity index (χ4n) is 3.82.